The maximum absolute atomic E-state index is 12.6. The first kappa shape index (κ1) is 21.0. The monoisotopic (exact) mass is 418 g/mol. The summed E-state index contributed by atoms with van der Waals surface area (Å²) < 4.78 is 5.23. The van der Waals surface area contributed by atoms with E-state index in [0.717, 1.165) is 4.90 Å². The normalized spacial score (nSPS) is 22.8. The second-order valence-electron chi connectivity index (χ2n) is 7.36. The van der Waals surface area contributed by atoms with Crippen molar-refractivity contribution in [2.75, 3.05) is 5.32 Å². The molecule has 0 unspecified atom stereocenters. The molecule has 8 heteroatoms. The van der Waals surface area contributed by atoms with E-state index in [1.165, 1.54) is 13.8 Å². The van der Waals surface area contributed by atoms with Crippen molar-refractivity contribution >= 4 is 41.0 Å². The molecule has 0 saturated carbocycles. The van der Waals surface area contributed by atoms with Crippen LogP contribution < -0.4 is 5.32 Å². The number of halogens is 1. The van der Waals surface area contributed by atoms with Gasteiger partial charge in [-0.3, -0.25) is 19.3 Å². The number of ether oxygens (including phenoxy) is 1. The molecule has 1 fully saturated rings. The molecule has 7 nitrogen and oxygen atoms in total. The molecule has 154 valence electrons. The molecule has 0 aromatic heterocycles. The molecular weight excluding hydrogens is 396 g/mol. The second kappa shape index (κ2) is 8.37. The molecular formula is C21H23ClN2O5. The summed E-state index contributed by atoms with van der Waals surface area (Å²) in [6, 6.07) is 3.99. The van der Waals surface area contributed by atoms with Crippen LogP contribution in [0.1, 0.15) is 32.3 Å². The van der Waals surface area contributed by atoms with E-state index in [2.05, 4.69) is 5.32 Å². The summed E-state index contributed by atoms with van der Waals surface area (Å²) in [5.74, 6) is -2.90. The third-order valence-electron chi connectivity index (χ3n) is 5.46. The van der Waals surface area contributed by atoms with Crippen LogP contribution in [0.4, 0.5) is 5.69 Å². The topological polar surface area (TPSA) is 92.8 Å². The molecule has 0 bridgehead atoms. The van der Waals surface area contributed by atoms with Gasteiger partial charge in [0.25, 0.3) is 5.91 Å². The number of esters is 1. The molecule has 1 aromatic carbocycles. The van der Waals surface area contributed by atoms with Crippen LogP contribution in [-0.4, -0.2) is 40.7 Å². The lowest BCUT2D eigenvalue weighted by atomic mass is 9.85. The van der Waals surface area contributed by atoms with Crippen LogP contribution in [0.25, 0.3) is 0 Å². The van der Waals surface area contributed by atoms with E-state index in [1.54, 1.807) is 25.1 Å². The number of allylic oxidation sites excluding steroid dienone is 2. The molecule has 1 saturated heterocycles. The van der Waals surface area contributed by atoms with E-state index >= 15 is 0 Å². The van der Waals surface area contributed by atoms with Crippen LogP contribution in [0.15, 0.2) is 30.4 Å². The zero-order valence-corrected chi connectivity index (χ0v) is 17.2. The minimum Gasteiger partial charge on any atom is -0.451 e. The average molecular weight is 419 g/mol. The molecule has 1 aliphatic carbocycles. The highest BCUT2D eigenvalue weighted by molar-refractivity contribution is 6.31. The summed E-state index contributed by atoms with van der Waals surface area (Å²) in [5.41, 5.74) is 1.21. The Balaban J connectivity index is 1.63. The Morgan fingerprint density at radius 3 is 2.31 bits per heavy atom. The Morgan fingerprint density at radius 2 is 1.72 bits per heavy atom. The van der Waals surface area contributed by atoms with Crippen molar-refractivity contribution in [2.24, 2.45) is 11.8 Å². The molecule has 0 spiro atoms. The third kappa shape index (κ3) is 4.05. The van der Waals surface area contributed by atoms with Crippen molar-refractivity contribution in [3.63, 3.8) is 0 Å². The molecule has 29 heavy (non-hydrogen) atoms. The van der Waals surface area contributed by atoms with Crippen LogP contribution in [-0.2, 0) is 23.9 Å². The number of hydrogen-bond donors (Lipinski definition) is 1. The predicted molar refractivity (Wildman–Crippen MR) is 107 cm³/mol. The molecule has 4 atom stereocenters. The first-order valence-corrected chi connectivity index (χ1v) is 9.88. The number of hydrogen-bond acceptors (Lipinski definition) is 5. The SMILES string of the molecule is Cc1c(Cl)cccc1NC(=O)[C@@H](C)OC(=O)[C@H](C)N1C(=O)[C@H]2CC=CC[C@H]2C1=O. The second-order valence-corrected chi connectivity index (χ2v) is 7.77. The first-order chi connectivity index (χ1) is 13.7. The number of rotatable bonds is 5. The predicted octanol–water partition coefficient (Wildman–Crippen LogP) is 2.86. The van der Waals surface area contributed by atoms with Gasteiger partial charge in [0, 0.05) is 10.7 Å². The van der Waals surface area contributed by atoms with E-state index in [9.17, 15) is 19.2 Å². The quantitative estimate of drug-likeness (QED) is 0.451. The summed E-state index contributed by atoms with van der Waals surface area (Å²) in [7, 11) is 0. The van der Waals surface area contributed by atoms with E-state index in [-0.39, 0.29) is 11.8 Å². The van der Waals surface area contributed by atoms with Crippen LogP contribution >= 0.6 is 11.6 Å². The number of imide groups is 1. The summed E-state index contributed by atoms with van der Waals surface area (Å²) in [5, 5.41) is 3.17. The Kier molecular flexibility index (Phi) is 6.07. The van der Waals surface area contributed by atoms with E-state index in [4.69, 9.17) is 16.3 Å². The molecule has 0 radical (unpaired) electrons. The summed E-state index contributed by atoms with van der Waals surface area (Å²) in [6.07, 6.45) is 3.63. The van der Waals surface area contributed by atoms with Crippen LogP contribution in [0.5, 0.6) is 0 Å². The van der Waals surface area contributed by atoms with Gasteiger partial charge in [-0.2, -0.15) is 0 Å². The lowest BCUT2D eigenvalue weighted by molar-refractivity contribution is -0.163. The fourth-order valence-corrected chi connectivity index (χ4v) is 3.79. The summed E-state index contributed by atoms with van der Waals surface area (Å²) in [4.78, 5) is 51.1. The number of likely N-dealkylation sites (tertiary alicyclic amines) is 1. The van der Waals surface area contributed by atoms with E-state index in [1.807, 2.05) is 12.2 Å². The lowest BCUT2D eigenvalue weighted by Gasteiger charge is -2.23. The number of fused-ring (bicyclic) bond motifs is 1. The maximum Gasteiger partial charge on any atom is 0.329 e. The highest BCUT2D eigenvalue weighted by Gasteiger charge is 2.50. The van der Waals surface area contributed by atoms with Crippen molar-refractivity contribution in [1.29, 1.82) is 0 Å². The van der Waals surface area contributed by atoms with Gasteiger partial charge in [-0.1, -0.05) is 29.8 Å². The number of anilines is 1. The van der Waals surface area contributed by atoms with Gasteiger partial charge in [-0.05, 0) is 51.3 Å². The minimum atomic E-state index is -1.11. The highest BCUT2D eigenvalue weighted by atomic mass is 35.5. The van der Waals surface area contributed by atoms with Crippen LogP contribution in [0, 0.1) is 18.8 Å². The highest BCUT2D eigenvalue weighted by Crippen LogP contribution is 2.36. The Morgan fingerprint density at radius 1 is 1.14 bits per heavy atom. The first-order valence-electron chi connectivity index (χ1n) is 9.50. The molecule has 3 rings (SSSR count). The molecule has 1 heterocycles. The van der Waals surface area contributed by atoms with Crippen molar-refractivity contribution in [2.45, 2.75) is 45.8 Å². The van der Waals surface area contributed by atoms with Gasteiger partial charge in [0.15, 0.2) is 6.10 Å². The lowest BCUT2D eigenvalue weighted by Crippen LogP contribution is -2.46. The van der Waals surface area contributed by atoms with Crippen LogP contribution in [0.3, 0.4) is 0 Å². The van der Waals surface area contributed by atoms with E-state index < -0.39 is 35.9 Å². The number of carbonyl (C=O) groups is 4. The van der Waals surface area contributed by atoms with Gasteiger partial charge in [-0.15, -0.1) is 0 Å². The maximum atomic E-state index is 12.6. The number of amides is 3. The summed E-state index contributed by atoms with van der Waals surface area (Å²) >= 11 is 6.04. The van der Waals surface area contributed by atoms with Crippen molar-refractivity contribution in [1.82, 2.24) is 4.90 Å². The molecule has 1 aliphatic heterocycles. The molecule has 2 aliphatic rings. The Labute approximate surface area is 174 Å². The summed E-state index contributed by atoms with van der Waals surface area (Å²) in [6.45, 7) is 4.63. The smallest absolute Gasteiger partial charge is 0.329 e. The van der Waals surface area contributed by atoms with Crippen molar-refractivity contribution in [3.05, 3.63) is 40.9 Å². The Hall–Kier alpha value is -2.67. The number of nitrogens with one attached hydrogen (secondary N) is 1. The van der Waals surface area contributed by atoms with Crippen molar-refractivity contribution in [3.8, 4) is 0 Å². The number of benzene rings is 1. The Bertz CT molecular complexity index is 871. The van der Waals surface area contributed by atoms with E-state index in [0.29, 0.717) is 29.1 Å². The molecule has 3 amide bonds. The minimum absolute atomic E-state index is 0.361. The molecule has 1 N–H and O–H groups in total. The number of carbonyl (C=O) groups excluding carboxylic acids is 4. The van der Waals surface area contributed by atoms with Gasteiger partial charge >= 0.3 is 5.97 Å². The van der Waals surface area contributed by atoms with Gasteiger partial charge in [-0.25, -0.2) is 4.79 Å². The zero-order valence-electron chi connectivity index (χ0n) is 16.5. The largest absolute Gasteiger partial charge is 0.451 e. The number of nitrogens with zero attached hydrogens (tertiary/aromatic N) is 1. The zero-order chi connectivity index (χ0) is 21.3. The fourth-order valence-electron chi connectivity index (χ4n) is 3.62. The van der Waals surface area contributed by atoms with Gasteiger partial charge in [0.1, 0.15) is 6.04 Å². The van der Waals surface area contributed by atoms with Gasteiger partial charge in [0.2, 0.25) is 11.8 Å². The van der Waals surface area contributed by atoms with Crippen molar-refractivity contribution < 1.29 is 23.9 Å². The van der Waals surface area contributed by atoms with Gasteiger partial charge < -0.3 is 10.1 Å². The van der Waals surface area contributed by atoms with Gasteiger partial charge in [0.05, 0.1) is 11.8 Å². The third-order valence-corrected chi connectivity index (χ3v) is 5.87. The van der Waals surface area contributed by atoms with Crippen LogP contribution in [0.2, 0.25) is 5.02 Å². The average Bonchev–Trinajstić information content (AvgIpc) is 2.95. The molecule has 1 aromatic rings. The fraction of sp³-hybridized carbons (Fsp3) is 0.429. The standard InChI is InChI=1S/C21H23ClN2O5/c1-11-16(22)9-6-10-17(11)23-18(25)13(3)29-21(28)12(2)24-19(26)14-7-4-5-8-15(14)20(24)27/h4-6,9-10,12-15H,7-8H2,1-3H3,(H,23,25)/t12-,13+,14-,15+/m0/s1.